The summed E-state index contributed by atoms with van der Waals surface area (Å²) in [4.78, 5) is 2.49. The molecule has 0 aromatic heterocycles. The average Bonchev–Trinajstić information content (AvgIpc) is 2.31. The van der Waals surface area contributed by atoms with Crippen LogP contribution in [-0.4, -0.2) is 17.5 Å². The molecule has 2 N–H and O–H groups in total. The van der Waals surface area contributed by atoms with Crippen molar-refractivity contribution in [3.8, 4) is 0 Å². The predicted molar refractivity (Wildman–Crippen MR) is 79.1 cm³/mol. The second-order valence-corrected chi connectivity index (χ2v) is 6.25. The molecule has 0 spiro atoms. The summed E-state index contributed by atoms with van der Waals surface area (Å²) in [5.74, 6) is 0.765. The molecular formula is C14H20Cl2N2. The zero-order valence-corrected chi connectivity index (χ0v) is 12.4. The van der Waals surface area contributed by atoms with Gasteiger partial charge in [-0.3, -0.25) is 4.90 Å². The fourth-order valence-electron chi connectivity index (χ4n) is 2.56. The molecule has 2 atom stereocenters. The largest absolute Gasteiger partial charge is 0.396 e. The van der Waals surface area contributed by atoms with Crippen molar-refractivity contribution in [3.05, 3.63) is 27.7 Å². The number of likely N-dealkylation sites (tertiary alicyclic amines) is 1. The first-order valence-electron chi connectivity index (χ1n) is 6.44. The highest BCUT2D eigenvalue weighted by atomic mass is 35.5. The number of rotatable bonds is 2. The molecule has 2 rings (SSSR count). The first-order chi connectivity index (χ1) is 8.47. The topological polar surface area (TPSA) is 29.3 Å². The molecule has 18 heavy (non-hydrogen) atoms. The van der Waals surface area contributed by atoms with E-state index in [0.29, 0.717) is 21.8 Å². The van der Waals surface area contributed by atoms with Gasteiger partial charge in [0.15, 0.2) is 0 Å². The van der Waals surface area contributed by atoms with Crippen LogP contribution in [0.15, 0.2) is 12.1 Å². The molecule has 100 valence electrons. The summed E-state index contributed by atoms with van der Waals surface area (Å²) in [6.07, 6.45) is 2.58. The number of halogens is 2. The van der Waals surface area contributed by atoms with E-state index in [1.807, 2.05) is 12.1 Å². The van der Waals surface area contributed by atoms with Crippen LogP contribution in [-0.2, 0) is 6.54 Å². The van der Waals surface area contributed by atoms with Gasteiger partial charge in [0.05, 0.1) is 15.7 Å². The summed E-state index contributed by atoms with van der Waals surface area (Å²) in [6.45, 7) is 6.63. The van der Waals surface area contributed by atoms with Crippen LogP contribution in [0.5, 0.6) is 0 Å². The Kier molecular flexibility index (Phi) is 4.41. The van der Waals surface area contributed by atoms with E-state index in [2.05, 4.69) is 18.7 Å². The van der Waals surface area contributed by atoms with Gasteiger partial charge in [-0.05, 0) is 43.4 Å². The average molecular weight is 287 g/mol. The molecule has 2 unspecified atom stereocenters. The molecule has 0 aliphatic carbocycles. The van der Waals surface area contributed by atoms with Crippen molar-refractivity contribution < 1.29 is 0 Å². The maximum atomic E-state index is 6.07. The Hall–Kier alpha value is -0.440. The number of nitrogens with zero attached hydrogens (tertiary/aromatic N) is 1. The number of benzene rings is 1. The minimum atomic E-state index is 0.474. The Labute approximate surface area is 119 Å². The van der Waals surface area contributed by atoms with E-state index in [4.69, 9.17) is 28.9 Å². The molecule has 2 nitrogen and oxygen atoms in total. The lowest BCUT2D eigenvalue weighted by atomic mass is 9.94. The number of anilines is 1. The van der Waals surface area contributed by atoms with E-state index < -0.39 is 0 Å². The third kappa shape index (κ3) is 3.11. The normalized spacial score (nSPS) is 25.3. The third-order valence-electron chi connectivity index (χ3n) is 3.77. The van der Waals surface area contributed by atoms with Crippen LogP contribution in [0.25, 0.3) is 0 Å². The van der Waals surface area contributed by atoms with Crippen molar-refractivity contribution in [2.75, 3.05) is 12.3 Å². The van der Waals surface area contributed by atoms with Crippen molar-refractivity contribution in [2.45, 2.75) is 39.3 Å². The Morgan fingerprint density at radius 3 is 2.44 bits per heavy atom. The Bertz CT molecular complexity index is 411. The number of nitrogen functional groups attached to an aromatic ring is 1. The molecule has 1 aliphatic rings. The fraction of sp³-hybridized carbons (Fsp3) is 0.571. The minimum Gasteiger partial charge on any atom is -0.396 e. The molecule has 0 radical (unpaired) electrons. The molecule has 1 heterocycles. The second kappa shape index (κ2) is 5.68. The van der Waals surface area contributed by atoms with Gasteiger partial charge in [-0.15, -0.1) is 0 Å². The number of piperidine rings is 1. The molecule has 1 aliphatic heterocycles. The molecule has 1 aromatic carbocycles. The summed E-state index contributed by atoms with van der Waals surface area (Å²) in [6, 6.07) is 4.47. The van der Waals surface area contributed by atoms with Crippen molar-refractivity contribution in [3.63, 3.8) is 0 Å². The Balaban J connectivity index is 2.13. The summed E-state index contributed by atoms with van der Waals surface area (Å²) in [7, 11) is 0. The maximum absolute atomic E-state index is 6.07. The van der Waals surface area contributed by atoms with Gasteiger partial charge in [0.1, 0.15) is 0 Å². The van der Waals surface area contributed by atoms with E-state index in [9.17, 15) is 0 Å². The van der Waals surface area contributed by atoms with E-state index in [-0.39, 0.29) is 0 Å². The number of nitrogens with two attached hydrogens (primary N) is 1. The van der Waals surface area contributed by atoms with Gasteiger partial charge in [-0.25, -0.2) is 0 Å². The Morgan fingerprint density at radius 2 is 1.83 bits per heavy atom. The van der Waals surface area contributed by atoms with E-state index in [1.54, 1.807) is 0 Å². The van der Waals surface area contributed by atoms with Crippen molar-refractivity contribution in [2.24, 2.45) is 5.92 Å². The van der Waals surface area contributed by atoms with E-state index >= 15 is 0 Å². The summed E-state index contributed by atoms with van der Waals surface area (Å²) in [5, 5.41) is 1.10. The van der Waals surface area contributed by atoms with Gasteiger partial charge in [0, 0.05) is 19.1 Å². The van der Waals surface area contributed by atoms with Gasteiger partial charge < -0.3 is 5.73 Å². The summed E-state index contributed by atoms with van der Waals surface area (Å²) < 4.78 is 0. The van der Waals surface area contributed by atoms with E-state index in [1.165, 1.54) is 12.8 Å². The van der Waals surface area contributed by atoms with Gasteiger partial charge in [-0.2, -0.15) is 0 Å². The maximum Gasteiger partial charge on any atom is 0.0693 e. The highest BCUT2D eigenvalue weighted by Gasteiger charge is 2.23. The molecule has 1 fully saturated rings. The Morgan fingerprint density at radius 1 is 1.22 bits per heavy atom. The quantitative estimate of drug-likeness (QED) is 0.826. The lowest BCUT2D eigenvalue weighted by Gasteiger charge is -2.36. The van der Waals surface area contributed by atoms with Gasteiger partial charge in [0.25, 0.3) is 0 Å². The number of hydrogen-bond donors (Lipinski definition) is 1. The fourth-order valence-corrected chi connectivity index (χ4v) is 3.10. The van der Waals surface area contributed by atoms with Gasteiger partial charge >= 0.3 is 0 Å². The zero-order valence-electron chi connectivity index (χ0n) is 10.9. The molecule has 0 amide bonds. The first kappa shape index (κ1) is 14.0. The summed E-state index contributed by atoms with van der Waals surface area (Å²) >= 11 is 12.1. The first-order valence-corrected chi connectivity index (χ1v) is 7.20. The van der Waals surface area contributed by atoms with Crippen LogP contribution in [0.2, 0.25) is 10.0 Å². The monoisotopic (exact) mass is 286 g/mol. The molecular weight excluding hydrogens is 267 g/mol. The van der Waals surface area contributed by atoms with Crippen LogP contribution in [0.1, 0.15) is 32.3 Å². The molecule has 0 bridgehead atoms. The highest BCUT2D eigenvalue weighted by Crippen LogP contribution is 2.30. The van der Waals surface area contributed by atoms with Crippen LogP contribution >= 0.6 is 23.2 Å². The van der Waals surface area contributed by atoms with Crippen LogP contribution in [0.4, 0.5) is 5.69 Å². The zero-order chi connectivity index (χ0) is 13.3. The van der Waals surface area contributed by atoms with Crippen molar-refractivity contribution in [1.29, 1.82) is 0 Å². The smallest absolute Gasteiger partial charge is 0.0693 e. The molecule has 1 saturated heterocycles. The SMILES string of the molecule is CC1CCC(C)N(Cc2cc(Cl)c(N)c(Cl)c2)C1. The number of hydrogen-bond acceptors (Lipinski definition) is 2. The van der Waals surface area contributed by atoms with Gasteiger partial charge in [0.2, 0.25) is 0 Å². The van der Waals surface area contributed by atoms with Crippen molar-refractivity contribution in [1.82, 2.24) is 4.90 Å². The molecule has 1 aromatic rings. The van der Waals surface area contributed by atoms with E-state index in [0.717, 1.165) is 24.6 Å². The lowest BCUT2D eigenvalue weighted by Crippen LogP contribution is -2.40. The second-order valence-electron chi connectivity index (χ2n) is 5.43. The predicted octanol–water partition coefficient (Wildman–Crippen LogP) is 4.20. The summed E-state index contributed by atoms with van der Waals surface area (Å²) in [5.41, 5.74) is 7.37. The minimum absolute atomic E-state index is 0.474. The van der Waals surface area contributed by atoms with Crippen LogP contribution < -0.4 is 5.73 Å². The molecule has 0 saturated carbocycles. The van der Waals surface area contributed by atoms with Crippen molar-refractivity contribution >= 4 is 28.9 Å². The van der Waals surface area contributed by atoms with Crippen LogP contribution in [0.3, 0.4) is 0 Å². The third-order valence-corrected chi connectivity index (χ3v) is 4.40. The van der Waals surface area contributed by atoms with Crippen LogP contribution in [0, 0.1) is 5.92 Å². The lowest BCUT2D eigenvalue weighted by molar-refractivity contribution is 0.117. The highest BCUT2D eigenvalue weighted by molar-refractivity contribution is 6.38. The standard InChI is InChI=1S/C14H20Cl2N2/c1-9-3-4-10(2)18(7-9)8-11-5-12(15)14(17)13(16)6-11/h5-6,9-10H,3-4,7-8,17H2,1-2H3. The van der Waals surface area contributed by atoms with Gasteiger partial charge in [-0.1, -0.05) is 30.1 Å². The molecule has 4 heteroatoms.